The van der Waals surface area contributed by atoms with E-state index >= 15 is 0 Å². The summed E-state index contributed by atoms with van der Waals surface area (Å²) in [6.45, 7) is 1.20. The van der Waals surface area contributed by atoms with Gasteiger partial charge in [-0.05, 0) is 6.92 Å². The third-order valence-electron chi connectivity index (χ3n) is 0.734. The molecule has 0 rings (SSSR count). The Morgan fingerprint density at radius 1 is 1.75 bits per heavy atom. The third-order valence-corrected chi connectivity index (χ3v) is 2.20. The molecule has 0 bridgehead atoms. The molecule has 0 aliphatic heterocycles. The minimum atomic E-state index is -3.69. The molecular formula is C3H9O4P. The molecule has 0 saturated heterocycles. The van der Waals surface area contributed by atoms with Crippen LogP contribution >= 0.6 is 7.60 Å². The van der Waals surface area contributed by atoms with Crippen molar-refractivity contribution in [2.24, 2.45) is 0 Å². The van der Waals surface area contributed by atoms with Gasteiger partial charge in [-0.2, -0.15) is 0 Å². The summed E-state index contributed by atoms with van der Waals surface area (Å²) in [5, 5.41) is 8.44. The predicted octanol–water partition coefficient (Wildman–Crippen LogP) is 0.156. The van der Waals surface area contributed by atoms with Crippen molar-refractivity contribution in [3.63, 3.8) is 0 Å². The van der Waals surface area contributed by atoms with Crippen LogP contribution < -0.4 is 0 Å². The van der Waals surface area contributed by atoms with Crippen molar-refractivity contribution in [3.8, 4) is 0 Å². The van der Waals surface area contributed by atoms with E-state index in [-0.39, 0.29) is 0 Å². The Labute approximate surface area is 47.6 Å². The minimum absolute atomic E-state index is 1.08. The zero-order valence-corrected chi connectivity index (χ0v) is 5.63. The smallest absolute Gasteiger partial charge is 0.355 e. The SMILES string of the molecule is COP(=O)(O)[C@H](C)O. The van der Waals surface area contributed by atoms with Crippen LogP contribution in [-0.4, -0.2) is 23.0 Å². The van der Waals surface area contributed by atoms with E-state index in [2.05, 4.69) is 4.52 Å². The highest BCUT2D eigenvalue weighted by Gasteiger charge is 2.23. The van der Waals surface area contributed by atoms with Crippen LogP contribution in [0.4, 0.5) is 0 Å². The fourth-order valence-corrected chi connectivity index (χ4v) is 0.458. The van der Waals surface area contributed by atoms with Gasteiger partial charge in [-0.25, -0.2) is 0 Å². The van der Waals surface area contributed by atoms with Gasteiger partial charge in [-0.1, -0.05) is 0 Å². The summed E-state index contributed by atoms with van der Waals surface area (Å²) in [4.78, 5) is 8.48. The molecule has 0 saturated carbocycles. The fourth-order valence-electron chi connectivity index (χ4n) is 0.153. The largest absolute Gasteiger partial charge is 0.381 e. The van der Waals surface area contributed by atoms with Gasteiger partial charge in [0, 0.05) is 7.11 Å². The van der Waals surface area contributed by atoms with Crippen LogP contribution in [0, 0.1) is 0 Å². The second-order valence-corrected chi connectivity index (χ2v) is 3.62. The summed E-state index contributed by atoms with van der Waals surface area (Å²) < 4.78 is 14.4. The molecule has 0 heterocycles. The normalized spacial score (nSPS) is 22.0. The summed E-state index contributed by atoms with van der Waals surface area (Å²) in [5.41, 5.74) is 0. The van der Waals surface area contributed by atoms with E-state index in [4.69, 9.17) is 10.00 Å². The van der Waals surface area contributed by atoms with Gasteiger partial charge < -0.3 is 14.5 Å². The Hall–Kier alpha value is 0.110. The van der Waals surface area contributed by atoms with E-state index in [1.165, 1.54) is 6.92 Å². The molecule has 0 spiro atoms. The zero-order chi connectivity index (χ0) is 6.78. The maximum atomic E-state index is 10.4. The summed E-state index contributed by atoms with van der Waals surface area (Å²) in [5.74, 6) is -1.30. The van der Waals surface area contributed by atoms with E-state index < -0.39 is 13.4 Å². The average molecular weight is 140 g/mol. The Kier molecular flexibility index (Phi) is 2.63. The Balaban J connectivity index is 3.93. The number of hydrogen-bond acceptors (Lipinski definition) is 3. The lowest BCUT2D eigenvalue weighted by molar-refractivity contribution is 0.202. The van der Waals surface area contributed by atoms with Crippen LogP contribution in [0.2, 0.25) is 0 Å². The molecule has 0 aliphatic carbocycles. The standard InChI is InChI=1S/C3H9O4P/c1-3(4)8(5,6)7-2/h3-4H,1-2H3,(H,5,6)/t3-/m1/s1. The van der Waals surface area contributed by atoms with Crippen LogP contribution in [0.15, 0.2) is 0 Å². The van der Waals surface area contributed by atoms with E-state index in [1.54, 1.807) is 0 Å². The van der Waals surface area contributed by atoms with Crippen LogP contribution in [0.5, 0.6) is 0 Å². The minimum Gasteiger partial charge on any atom is -0.381 e. The lowest BCUT2D eigenvalue weighted by atomic mass is 10.9. The van der Waals surface area contributed by atoms with E-state index in [1.807, 2.05) is 0 Å². The monoisotopic (exact) mass is 140 g/mol. The van der Waals surface area contributed by atoms with Gasteiger partial charge in [0.05, 0.1) is 0 Å². The summed E-state index contributed by atoms with van der Waals surface area (Å²) >= 11 is 0. The lowest BCUT2D eigenvalue weighted by Gasteiger charge is -2.09. The molecule has 0 aromatic rings. The highest BCUT2D eigenvalue weighted by atomic mass is 31.2. The predicted molar refractivity (Wildman–Crippen MR) is 28.5 cm³/mol. The van der Waals surface area contributed by atoms with E-state index in [0.29, 0.717) is 0 Å². The number of aliphatic hydroxyl groups is 1. The van der Waals surface area contributed by atoms with Gasteiger partial charge in [0.25, 0.3) is 0 Å². The molecule has 0 aromatic carbocycles. The molecule has 0 amide bonds. The maximum absolute atomic E-state index is 10.4. The first-order chi connectivity index (χ1) is 3.50. The van der Waals surface area contributed by atoms with Gasteiger partial charge in [0.15, 0.2) is 5.85 Å². The summed E-state index contributed by atoms with van der Waals surface area (Å²) in [6, 6.07) is 0. The third kappa shape index (κ3) is 1.92. The topological polar surface area (TPSA) is 66.8 Å². The molecule has 0 fully saturated rings. The lowest BCUT2D eigenvalue weighted by Crippen LogP contribution is -2.01. The molecule has 1 unspecified atom stereocenters. The van der Waals surface area contributed by atoms with Crippen molar-refractivity contribution < 1.29 is 19.1 Å². The number of aliphatic hydroxyl groups excluding tert-OH is 1. The van der Waals surface area contributed by atoms with Crippen LogP contribution in [0.3, 0.4) is 0 Å². The van der Waals surface area contributed by atoms with Crippen molar-refractivity contribution in [3.05, 3.63) is 0 Å². The molecule has 4 nitrogen and oxygen atoms in total. The van der Waals surface area contributed by atoms with Crippen LogP contribution in [0.1, 0.15) is 6.92 Å². The van der Waals surface area contributed by atoms with E-state index in [0.717, 1.165) is 7.11 Å². The van der Waals surface area contributed by atoms with Crippen molar-refractivity contribution >= 4 is 7.60 Å². The molecule has 8 heavy (non-hydrogen) atoms. The molecule has 0 radical (unpaired) electrons. The highest BCUT2D eigenvalue weighted by Crippen LogP contribution is 2.44. The first-order valence-electron chi connectivity index (χ1n) is 2.07. The van der Waals surface area contributed by atoms with Gasteiger partial charge in [0.2, 0.25) is 0 Å². The average Bonchev–Trinajstić information content (AvgIpc) is 1.67. The van der Waals surface area contributed by atoms with Gasteiger partial charge >= 0.3 is 7.60 Å². The van der Waals surface area contributed by atoms with Gasteiger partial charge in [-0.15, -0.1) is 0 Å². The highest BCUT2D eigenvalue weighted by molar-refractivity contribution is 7.53. The van der Waals surface area contributed by atoms with E-state index in [9.17, 15) is 4.57 Å². The second-order valence-electron chi connectivity index (χ2n) is 1.38. The van der Waals surface area contributed by atoms with Gasteiger partial charge in [0.1, 0.15) is 0 Å². The van der Waals surface area contributed by atoms with Crippen molar-refractivity contribution in [1.29, 1.82) is 0 Å². The second kappa shape index (κ2) is 2.60. The number of hydrogen-bond donors (Lipinski definition) is 2. The molecule has 2 atom stereocenters. The molecule has 5 heteroatoms. The first kappa shape index (κ1) is 8.11. The zero-order valence-electron chi connectivity index (χ0n) is 4.74. The summed E-state index contributed by atoms with van der Waals surface area (Å²) in [7, 11) is -2.61. The quantitative estimate of drug-likeness (QED) is 0.536. The Morgan fingerprint density at radius 2 is 2.12 bits per heavy atom. The molecule has 50 valence electrons. The summed E-state index contributed by atoms with van der Waals surface area (Å²) in [6.07, 6.45) is 0. The van der Waals surface area contributed by atoms with Crippen molar-refractivity contribution in [2.45, 2.75) is 12.8 Å². The van der Waals surface area contributed by atoms with Gasteiger partial charge in [-0.3, -0.25) is 4.57 Å². The van der Waals surface area contributed by atoms with Crippen molar-refractivity contribution in [2.75, 3.05) is 7.11 Å². The molecule has 2 N–H and O–H groups in total. The number of rotatable bonds is 2. The Bertz CT molecular complexity index is 110. The maximum Gasteiger partial charge on any atom is 0.355 e. The van der Waals surface area contributed by atoms with Crippen LogP contribution in [0.25, 0.3) is 0 Å². The fraction of sp³-hybridized carbons (Fsp3) is 1.00. The Morgan fingerprint density at radius 3 is 2.12 bits per heavy atom. The van der Waals surface area contributed by atoms with Crippen LogP contribution in [-0.2, 0) is 9.09 Å². The first-order valence-corrected chi connectivity index (χ1v) is 3.71. The molecular weight excluding hydrogens is 131 g/mol. The van der Waals surface area contributed by atoms with Crippen molar-refractivity contribution in [1.82, 2.24) is 0 Å². The molecule has 0 aliphatic rings. The molecule has 0 aromatic heterocycles.